The highest BCUT2D eigenvalue weighted by molar-refractivity contribution is 5.88. The van der Waals surface area contributed by atoms with E-state index >= 15 is 0 Å². The average molecular weight is 336 g/mol. The predicted octanol–water partition coefficient (Wildman–Crippen LogP) is 1.78. The van der Waals surface area contributed by atoms with E-state index in [0.717, 1.165) is 19.3 Å². The SMILES string of the molecule is Cc1cc(C(NC(=O)CN2CCCCCC2=O)C(=O)O)ccc1F. The van der Waals surface area contributed by atoms with Crippen LogP contribution in [0.25, 0.3) is 0 Å². The van der Waals surface area contributed by atoms with E-state index in [2.05, 4.69) is 5.32 Å². The van der Waals surface area contributed by atoms with Crippen LogP contribution in [0.15, 0.2) is 18.2 Å². The minimum Gasteiger partial charge on any atom is -0.479 e. The van der Waals surface area contributed by atoms with E-state index in [1.54, 1.807) is 0 Å². The van der Waals surface area contributed by atoms with E-state index in [1.165, 1.54) is 30.0 Å². The Labute approximate surface area is 139 Å². The summed E-state index contributed by atoms with van der Waals surface area (Å²) in [4.78, 5) is 37.0. The van der Waals surface area contributed by atoms with Crippen LogP contribution in [0.2, 0.25) is 0 Å². The van der Waals surface area contributed by atoms with E-state index < -0.39 is 23.7 Å². The first-order valence-electron chi connectivity index (χ1n) is 7.94. The minimum absolute atomic E-state index is 0.0906. The fourth-order valence-corrected chi connectivity index (χ4v) is 2.72. The third kappa shape index (κ3) is 4.53. The second kappa shape index (κ2) is 7.90. The fourth-order valence-electron chi connectivity index (χ4n) is 2.72. The molecule has 2 N–H and O–H groups in total. The minimum atomic E-state index is -1.28. The second-order valence-electron chi connectivity index (χ2n) is 5.97. The molecule has 1 unspecified atom stereocenters. The van der Waals surface area contributed by atoms with E-state index in [-0.39, 0.29) is 18.0 Å². The molecule has 1 saturated heterocycles. The number of benzene rings is 1. The lowest BCUT2D eigenvalue weighted by Gasteiger charge is -2.22. The van der Waals surface area contributed by atoms with Crippen LogP contribution in [0.1, 0.15) is 42.9 Å². The summed E-state index contributed by atoms with van der Waals surface area (Å²) in [5.41, 5.74) is 0.590. The molecule has 24 heavy (non-hydrogen) atoms. The van der Waals surface area contributed by atoms with E-state index in [0.29, 0.717) is 18.5 Å². The molecular formula is C17H21FN2O4. The van der Waals surface area contributed by atoms with Crippen molar-refractivity contribution in [1.82, 2.24) is 10.2 Å². The number of aryl methyl sites for hydroxylation is 1. The van der Waals surface area contributed by atoms with Crippen LogP contribution in [0.3, 0.4) is 0 Å². The number of rotatable bonds is 5. The molecule has 1 aromatic rings. The number of carboxylic acids is 1. The van der Waals surface area contributed by atoms with Gasteiger partial charge in [0.15, 0.2) is 6.04 Å². The highest BCUT2D eigenvalue weighted by atomic mass is 19.1. The summed E-state index contributed by atoms with van der Waals surface area (Å²) in [7, 11) is 0. The number of hydrogen-bond donors (Lipinski definition) is 2. The number of aliphatic carboxylic acids is 1. The van der Waals surface area contributed by atoms with Crippen LogP contribution in [0, 0.1) is 12.7 Å². The van der Waals surface area contributed by atoms with Gasteiger partial charge >= 0.3 is 5.97 Å². The topological polar surface area (TPSA) is 86.7 Å². The Kier molecular flexibility index (Phi) is 5.89. The summed E-state index contributed by atoms with van der Waals surface area (Å²) < 4.78 is 13.3. The smallest absolute Gasteiger partial charge is 0.330 e. The van der Waals surface area contributed by atoms with Gasteiger partial charge in [-0.1, -0.05) is 18.6 Å². The van der Waals surface area contributed by atoms with Gasteiger partial charge in [0.25, 0.3) is 0 Å². The molecule has 7 heteroatoms. The Balaban J connectivity index is 2.06. The molecule has 0 radical (unpaired) electrons. The first kappa shape index (κ1) is 17.9. The number of nitrogens with one attached hydrogen (secondary N) is 1. The number of likely N-dealkylation sites (tertiary alicyclic amines) is 1. The summed E-state index contributed by atoms with van der Waals surface area (Å²) in [6.45, 7) is 1.86. The van der Waals surface area contributed by atoms with Gasteiger partial charge in [-0.25, -0.2) is 9.18 Å². The number of carbonyl (C=O) groups is 3. The van der Waals surface area contributed by atoms with E-state index in [1.807, 2.05) is 0 Å². The molecule has 1 fully saturated rings. The lowest BCUT2D eigenvalue weighted by Crippen LogP contribution is -2.43. The molecular weight excluding hydrogens is 315 g/mol. The molecule has 1 aliphatic rings. The number of carboxylic acid groups (broad SMARTS) is 1. The number of nitrogens with zero attached hydrogens (tertiary/aromatic N) is 1. The van der Waals surface area contributed by atoms with Gasteiger partial charge in [0.2, 0.25) is 11.8 Å². The highest BCUT2D eigenvalue weighted by Gasteiger charge is 2.25. The summed E-state index contributed by atoms with van der Waals surface area (Å²) in [5, 5.41) is 11.8. The Morgan fingerprint density at radius 2 is 2.08 bits per heavy atom. The molecule has 1 atom stereocenters. The van der Waals surface area contributed by atoms with Crippen molar-refractivity contribution in [3.05, 3.63) is 35.1 Å². The Hall–Kier alpha value is -2.44. The zero-order valence-corrected chi connectivity index (χ0v) is 13.5. The molecule has 2 amide bonds. The zero-order valence-electron chi connectivity index (χ0n) is 13.5. The standard InChI is InChI=1S/C17H21FN2O4/c1-11-9-12(6-7-13(11)18)16(17(23)24)19-14(21)10-20-8-4-2-3-5-15(20)22/h6-7,9,16H,2-5,8,10H2,1H3,(H,19,21)(H,23,24). The molecule has 1 aliphatic heterocycles. The van der Waals surface area contributed by atoms with Crippen LogP contribution in [-0.4, -0.2) is 40.9 Å². The number of carbonyl (C=O) groups excluding carboxylic acids is 2. The van der Waals surface area contributed by atoms with Crippen molar-refractivity contribution in [3.8, 4) is 0 Å². The van der Waals surface area contributed by atoms with Gasteiger partial charge in [0.1, 0.15) is 5.82 Å². The van der Waals surface area contributed by atoms with Gasteiger partial charge in [-0.2, -0.15) is 0 Å². The van der Waals surface area contributed by atoms with Crippen molar-refractivity contribution in [2.24, 2.45) is 0 Å². The monoisotopic (exact) mass is 336 g/mol. The molecule has 6 nitrogen and oxygen atoms in total. The van der Waals surface area contributed by atoms with Crippen molar-refractivity contribution in [2.75, 3.05) is 13.1 Å². The molecule has 0 saturated carbocycles. The molecule has 0 aromatic heterocycles. The van der Waals surface area contributed by atoms with E-state index in [4.69, 9.17) is 0 Å². The Morgan fingerprint density at radius 3 is 2.75 bits per heavy atom. The van der Waals surface area contributed by atoms with Crippen molar-refractivity contribution in [3.63, 3.8) is 0 Å². The molecule has 0 spiro atoms. The van der Waals surface area contributed by atoms with Crippen LogP contribution in [-0.2, 0) is 14.4 Å². The van der Waals surface area contributed by atoms with E-state index in [9.17, 15) is 23.9 Å². The van der Waals surface area contributed by atoms with Gasteiger partial charge in [0, 0.05) is 13.0 Å². The fraction of sp³-hybridized carbons (Fsp3) is 0.471. The second-order valence-corrected chi connectivity index (χ2v) is 5.97. The van der Waals surface area contributed by atoms with Gasteiger partial charge in [0.05, 0.1) is 6.54 Å². The zero-order chi connectivity index (χ0) is 17.7. The lowest BCUT2D eigenvalue weighted by atomic mass is 10.0. The Bertz CT molecular complexity index is 647. The summed E-state index contributed by atoms with van der Waals surface area (Å²) in [6, 6.07) is 2.62. The molecule has 0 bridgehead atoms. The van der Waals surface area contributed by atoms with Gasteiger partial charge in [-0.05, 0) is 37.0 Å². The number of hydrogen-bond acceptors (Lipinski definition) is 3. The maximum atomic E-state index is 13.3. The van der Waals surface area contributed by atoms with Crippen LogP contribution in [0.4, 0.5) is 4.39 Å². The predicted molar refractivity (Wildman–Crippen MR) is 84.7 cm³/mol. The molecule has 1 heterocycles. The highest BCUT2D eigenvalue weighted by Crippen LogP contribution is 2.17. The van der Waals surface area contributed by atoms with Crippen molar-refractivity contribution in [1.29, 1.82) is 0 Å². The van der Waals surface area contributed by atoms with Gasteiger partial charge < -0.3 is 15.3 Å². The number of halogens is 1. The molecule has 1 aromatic carbocycles. The van der Waals surface area contributed by atoms with Gasteiger partial charge in [-0.15, -0.1) is 0 Å². The van der Waals surface area contributed by atoms with Crippen LogP contribution >= 0.6 is 0 Å². The van der Waals surface area contributed by atoms with Crippen molar-refractivity contribution < 1.29 is 23.9 Å². The van der Waals surface area contributed by atoms with Crippen molar-refractivity contribution in [2.45, 2.75) is 38.6 Å². The lowest BCUT2D eigenvalue weighted by molar-refractivity contribution is -0.142. The summed E-state index contributed by atoms with van der Waals surface area (Å²) in [6.07, 6.45) is 2.99. The molecule has 2 rings (SSSR count). The molecule has 0 aliphatic carbocycles. The van der Waals surface area contributed by atoms with Crippen LogP contribution < -0.4 is 5.32 Å². The third-order valence-electron chi connectivity index (χ3n) is 4.07. The normalized spacial score (nSPS) is 16.4. The first-order valence-corrected chi connectivity index (χ1v) is 7.94. The summed E-state index contributed by atoms with van der Waals surface area (Å²) >= 11 is 0. The Morgan fingerprint density at radius 1 is 1.33 bits per heavy atom. The van der Waals surface area contributed by atoms with Crippen molar-refractivity contribution >= 4 is 17.8 Å². The molecule has 130 valence electrons. The maximum Gasteiger partial charge on any atom is 0.330 e. The third-order valence-corrected chi connectivity index (χ3v) is 4.07. The van der Waals surface area contributed by atoms with Crippen LogP contribution in [0.5, 0.6) is 0 Å². The number of amides is 2. The largest absolute Gasteiger partial charge is 0.479 e. The quantitative estimate of drug-likeness (QED) is 0.858. The van der Waals surface area contributed by atoms with Gasteiger partial charge in [-0.3, -0.25) is 9.59 Å². The summed E-state index contributed by atoms with van der Waals surface area (Å²) in [5.74, 6) is -2.31. The first-order chi connectivity index (χ1) is 11.4. The maximum absolute atomic E-state index is 13.3. The average Bonchev–Trinajstić information content (AvgIpc) is 2.72.